The lowest BCUT2D eigenvalue weighted by molar-refractivity contribution is -0.384. The minimum Gasteiger partial charge on any atom is -0.478 e. The van der Waals surface area contributed by atoms with Gasteiger partial charge in [-0.1, -0.05) is 22.5 Å². The number of nitro benzene ring substituents is 1. The molecule has 0 atom stereocenters. The van der Waals surface area contributed by atoms with Gasteiger partial charge in [0.1, 0.15) is 5.69 Å². The molecule has 0 spiro atoms. The molecule has 0 amide bonds. The molecule has 0 aliphatic carbocycles. The van der Waals surface area contributed by atoms with E-state index in [-0.39, 0.29) is 16.9 Å². The van der Waals surface area contributed by atoms with E-state index in [0.717, 1.165) is 6.07 Å². The summed E-state index contributed by atoms with van der Waals surface area (Å²) in [7, 11) is 0. The molecule has 0 saturated heterocycles. The average molecular weight is 301 g/mol. The number of hydrogen-bond donors (Lipinski definition) is 2. The number of rotatable bonds is 5. The van der Waals surface area contributed by atoms with Gasteiger partial charge in [0.15, 0.2) is 0 Å². The molecule has 0 aliphatic heterocycles. The lowest BCUT2D eigenvalue weighted by Crippen LogP contribution is -2.05. The van der Waals surface area contributed by atoms with Crippen molar-refractivity contribution in [3.63, 3.8) is 0 Å². The molecule has 0 aliphatic rings. The van der Waals surface area contributed by atoms with E-state index in [1.165, 1.54) is 12.1 Å². The first-order chi connectivity index (χ1) is 7.91. The van der Waals surface area contributed by atoms with Gasteiger partial charge in [-0.2, -0.15) is 0 Å². The summed E-state index contributed by atoms with van der Waals surface area (Å²) in [5.74, 6) is -1.20. The highest BCUT2D eigenvalue weighted by Crippen LogP contribution is 2.26. The lowest BCUT2D eigenvalue weighted by Gasteiger charge is -2.06. The normalized spacial score (nSPS) is 9.71. The van der Waals surface area contributed by atoms with Crippen LogP contribution in [0.4, 0.5) is 11.4 Å². The fourth-order valence-electron chi connectivity index (χ4n) is 1.16. The number of halogens is 1. The van der Waals surface area contributed by atoms with Crippen molar-refractivity contribution in [3.05, 3.63) is 44.9 Å². The van der Waals surface area contributed by atoms with Gasteiger partial charge >= 0.3 is 5.97 Å². The van der Waals surface area contributed by atoms with Crippen LogP contribution < -0.4 is 5.32 Å². The minimum absolute atomic E-state index is 0.125. The summed E-state index contributed by atoms with van der Waals surface area (Å²) in [5, 5.41) is 22.3. The number of carbonyl (C=O) groups is 1. The van der Waals surface area contributed by atoms with Crippen LogP contribution in [0.2, 0.25) is 0 Å². The number of aromatic carboxylic acids is 1. The number of benzene rings is 1. The van der Waals surface area contributed by atoms with Crippen LogP contribution in [-0.4, -0.2) is 22.5 Å². The lowest BCUT2D eigenvalue weighted by atomic mass is 10.1. The van der Waals surface area contributed by atoms with Crippen molar-refractivity contribution in [1.29, 1.82) is 0 Å². The van der Waals surface area contributed by atoms with Crippen LogP contribution in [0.5, 0.6) is 0 Å². The van der Waals surface area contributed by atoms with Crippen LogP contribution in [0.1, 0.15) is 10.4 Å². The summed E-state index contributed by atoms with van der Waals surface area (Å²) in [4.78, 5) is 20.8. The number of nitrogens with zero attached hydrogens (tertiary/aromatic N) is 1. The molecule has 2 N–H and O–H groups in total. The number of hydrogen-bond acceptors (Lipinski definition) is 4. The molecule has 0 aromatic heterocycles. The molecule has 1 rings (SSSR count). The second-order valence-electron chi connectivity index (χ2n) is 3.17. The van der Waals surface area contributed by atoms with Crippen molar-refractivity contribution in [3.8, 4) is 0 Å². The molecule has 1 aromatic carbocycles. The molecule has 90 valence electrons. The largest absolute Gasteiger partial charge is 0.478 e. The number of nitro groups is 1. The van der Waals surface area contributed by atoms with Gasteiger partial charge in [-0.25, -0.2) is 4.79 Å². The zero-order valence-corrected chi connectivity index (χ0v) is 10.2. The Kier molecular flexibility index (Phi) is 4.22. The van der Waals surface area contributed by atoms with Gasteiger partial charge in [0.2, 0.25) is 0 Å². The second-order valence-corrected chi connectivity index (χ2v) is 4.29. The first-order valence-corrected chi connectivity index (χ1v) is 5.30. The molecule has 1 aromatic rings. The van der Waals surface area contributed by atoms with Crippen LogP contribution in [0.25, 0.3) is 0 Å². The number of carboxylic acids is 1. The van der Waals surface area contributed by atoms with Gasteiger partial charge in [-0.05, 0) is 12.1 Å². The highest BCUT2D eigenvalue weighted by Gasteiger charge is 2.16. The molecule has 6 nitrogen and oxygen atoms in total. The zero-order valence-electron chi connectivity index (χ0n) is 8.64. The van der Waals surface area contributed by atoms with Crippen LogP contribution >= 0.6 is 15.9 Å². The standard InChI is InChI=1S/C10H9BrN2O4/c1-6(11)5-12-8-3-2-7(10(14)15)4-9(8)13(16)17/h2-4,12H,1,5H2,(H,14,15). The summed E-state index contributed by atoms with van der Waals surface area (Å²) in [6.45, 7) is 3.89. The number of carboxylic acid groups (broad SMARTS) is 1. The van der Waals surface area contributed by atoms with Crippen LogP contribution in [0.3, 0.4) is 0 Å². The maximum Gasteiger partial charge on any atom is 0.335 e. The van der Waals surface area contributed by atoms with Gasteiger partial charge in [0.25, 0.3) is 5.69 Å². The Hall–Kier alpha value is -1.89. The van der Waals surface area contributed by atoms with E-state index < -0.39 is 10.9 Å². The quantitative estimate of drug-likeness (QED) is 0.644. The third-order valence-corrected chi connectivity index (χ3v) is 2.19. The van der Waals surface area contributed by atoms with Crippen molar-refractivity contribution in [2.45, 2.75) is 0 Å². The second kappa shape index (κ2) is 5.44. The Morgan fingerprint density at radius 3 is 2.71 bits per heavy atom. The molecule has 0 bridgehead atoms. The first kappa shape index (κ1) is 13.2. The third kappa shape index (κ3) is 3.56. The Morgan fingerprint density at radius 2 is 2.24 bits per heavy atom. The predicted octanol–water partition coefficient (Wildman–Crippen LogP) is 2.61. The van der Waals surface area contributed by atoms with E-state index in [0.29, 0.717) is 11.0 Å². The van der Waals surface area contributed by atoms with E-state index in [4.69, 9.17) is 5.11 Å². The maximum absolute atomic E-state index is 10.8. The summed E-state index contributed by atoms with van der Waals surface area (Å²) in [5.41, 5.74) is -0.154. The van der Waals surface area contributed by atoms with E-state index in [9.17, 15) is 14.9 Å². The summed E-state index contributed by atoms with van der Waals surface area (Å²) >= 11 is 3.11. The average Bonchev–Trinajstić information content (AvgIpc) is 2.25. The third-order valence-electron chi connectivity index (χ3n) is 1.91. The summed E-state index contributed by atoms with van der Waals surface area (Å²) in [6.07, 6.45) is 0. The number of nitrogens with one attached hydrogen (secondary N) is 1. The molecule has 0 heterocycles. The predicted molar refractivity (Wildman–Crippen MR) is 66.6 cm³/mol. The Bertz CT molecular complexity index is 487. The van der Waals surface area contributed by atoms with Gasteiger partial charge in [-0.15, -0.1) is 0 Å². The van der Waals surface area contributed by atoms with Crippen molar-refractivity contribution in [1.82, 2.24) is 0 Å². The van der Waals surface area contributed by atoms with Crippen molar-refractivity contribution < 1.29 is 14.8 Å². The van der Waals surface area contributed by atoms with Crippen LogP contribution in [-0.2, 0) is 0 Å². The molecule has 17 heavy (non-hydrogen) atoms. The Balaban J connectivity index is 3.08. The molecule has 0 fully saturated rings. The van der Waals surface area contributed by atoms with E-state index in [1.807, 2.05) is 0 Å². The topological polar surface area (TPSA) is 92.5 Å². The Labute approximate surface area is 105 Å². The van der Waals surface area contributed by atoms with Crippen molar-refractivity contribution >= 4 is 33.3 Å². The highest BCUT2D eigenvalue weighted by atomic mass is 79.9. The molecular weight excluding hydrogens is 292 g/mol. The number of anilines is 1. The minimum atomic E-state index is -1.20. The smallest absolute Gasteiger partial charge is 0.335 e. The van der Waals surface area contributed by atoms with Gasteiger partial charge in [0.05, 0.1) is 10.5 Å². The maximum atomic E-state index is 10.8. The molecule has 7 heteroatoms. The van der Waals surface area contributed by atoms with E-state index in [1.54, 1.807) is 0 Å². The van der Waals surface area contributed by atoms with Gasteiger partial charge in [0, 0.05) is 17.1 Å². The van der Waals surface area contributed by atoms with Crippen molar-refractivity contribution in [2.24, 2.45) is 0 Å². The first-order valence-electron chi connectivity index (χ1n) is 4.50. The molecule has 0 saturated carbocycles. The van der Waals surface area contributed by atoms with E-state index in [2.05, 4.69) is 27.8 Å². The highest BCUT2D eigenvalue weighted by molar-refractivity contribution is 9.11. The zero-order chi connectivity index (χ0) is 13.0. The van der Waals surface area contributed by atoms with Crippen LogP contribution in [0.15, 0.2) is 29.3 Å². The monoisotopic (exact) mass is 300 g/mol. The van der Waals surface area contributed by atoms with Crippen molar-refractivity contribution in [2.75, 3.05) is 11.9 Å². The summed E-state index contributed by atoms with van der Waals surface area (Å²) < 4.78 is 0.633. The fourth-order valence-corrected chi connectivity index (χ4v) is 1.30. The Morgan fingerprint density at radius 1 is 1.59 bits per heavy atom. The molecule has 0 unspecified atom stereocenters. The van der Waals surface area contributed by atoms with E-state index >= 15 is 0 Å². The van der Waals surface area contributed by atoms with Gasteiger partial charge in [-0.3, -0.25) is 10.1 Å². The summed E-state index contributed by atoms with van der Waals surface area (Å²) in [6, 6.07) is 3.67. The van der Waals surface area contributed by atoms with Gasteiger partial charge < -0.3 is 10.4 Å². The fraction of sp³-hybridized carbons (Fsp3) is 0.100. The molecular formula is C10H9BrN2O4. The van der Waals surface area contributed by atoms with Crippen LogP contribution in [0, 0.1) is 10.1 Å². The molecule has 0 radical (unpaired) electrons. The SMILES string of the molecule is C=C(Br)CNc1ccc(C(=O)O)cc1[N+](=O)[O-].